The van der Waals surface area contributed by atoms with E-state index in [0.29, 0.717) is 6.42 Å². The zero-order chi connectivity index (χ0) is 9.59. The molecular weight excluding hydrogens is 172 g/mol. The maximum absolute atomic E-state index is 10.8. The highest BCUT2D eigenvalue weighted by atomic mass is 16.4. The van der Waals surface area contributed by atoms with E-state index in [0.717, 1.165) is 0 Å². The third-order valence-electron chi connectivity index (χ3n) is 3.03. The third kappa shape index (κ3) is 1.05. The Morgan fingerprint density at radius 3 is 1.69 bits per heavy atom. The Labute approximate surface area is 74.9 Å². The first-order chi connectivity index (χ1) is 6.11. The van der Waals surface area contributed by atoms with Gasteiger partial charge >= 0.3 is 11.9 Å². The number of carboxylic acid groups (broad SMARTS) is 2. The van der Waals surface area contributed by atoms with Crippen LogP contribution in [0.1, 0.15) is 6.42 Å². The Balaban J connectivity index is 2.30. The van der Waals surface area contributed by atoms with Crippen LogP contribution in [0.4, 0.5) is 0 Å². The first kappa shape index (κ1) is 8.29. The number of hydrogen-bond acceptors (Lipinski definition) is 2. The summed E-state index contributed by atoms with van der Waals surface area (Å²) in [4.78, 5) is 21.6. The SMILES string of the molecule is O=C(O)[C@@H]1[C@H](C(=O)O)[C@H]2C=C[C@H]1C2. The summed E-state index contributed by atoms with van der Waals surface area (Å²) in [5, 5.41) is 17.7. The molecule has 0 unspecified atom stereocenters. The Morgan fingerprint density at radius 1 is 1.00 bits per heavy atom. The van der Waals surface area contributed by atoms with E-state index in [1.807, 2.05) is 12.2 Å². The topological polar surface area (TPSA) is 74.6 Å². The van der Waals surface area contributed by atoms with Crippen molar-refractivity contribution in [3.8, 4) is 0 Å². The van der Waals surface area contributed by atoms with E-state index in [2.05, 4.69) is 0 Å². The zero-order valence-electron chi connectivity index (χ0n) is 6.88. The second-order valence-corrected chi connectivity index (χ2v) is 3.68. The molecule has 1 fully saturated rings. The quantitative estimate of drug-likeness (QED) is 0.613. The molecule has 0 amide bonds. The van der Waals surface area contributed by atoms with E-state index >= 15 is 0 Å². The Morgan fingerprint density at radius 2 is 1.38 bits per heavy atom. The van der Waals surface area contributed by atoms with E-state index in [4.69, 9.17) is 10.2 Å². The first-order valence-corrected chi connectivity index (χ1v) is 4.25. The van der Waals surface area contributed by atoms with Crippen LogP contribution < -0.4 is 0 Å². The summed E-state index contributed by atoms with van der Waals surface area (Å²) < 4.78 is 0. The molecule has 0 aliphatic heterocycles. The number of fused-ring (bicyclic) bond motifs is 2. The summed E-state index contributed by atoms with van der Waals surface area (Å²) in [5.41, 5.74) is 0. The minimum atomic E-state index is -0.982. The van der Waals surface area contributed by atoms with Crippen molar-refractivity contribution in [2.24, 2.45) is 23.7 Å². The molecule has 0 spiro atoms. The van der Waals surface area contributed by atoms with Crippen molar-refractivity contribution in [3.63, 3.8) is 0 Å². The summed E-state index contributed by atoms with van der Waals surface area (Å²) in [6.45, 7) is 0. The molecule has 13 heavy (non-hydrogen) atoms. The van der Waals surface area contributed by atoms with Gasteiger partial charge in [-0.1, -0.05) is 12.2 Å². The van der Waals surface area contributed by atoms with Crippen LogP contribution in [-0.4, -0.2) is 22.2 Å². The van der Waals surface area contributed by atoms with Crippen molar-refractivity contribution >= 4 is 11.9 Å². The summed E-state index contributed by atoms with van der Waals surface area (Å²) in [6, 6.07) is 0. The maximum atomic E-state index is 10.8. The summed E-state index contributed by atoms with van der Waals surface area (Å²) in [6.07, 6.45) is 4.36. The highest BCUT2D eigenvalue weighted by Crippen LogP contribution is 2.48. The van der Waals surface area contributed by atoms with Gasteiger partial charge in [0.25, 0.3) is 0 Å². The molecule has 2 rings (SSSR count). The molecule has 0 aromatic carbocycles. The van der Waals surface area contributed by atoms with Crippen molar-refractivity contribution in [2.75, 3.05) is 0 Å². The highest BCUT2D eigenvalue weighted by Gasteiger charge is 2.51. The van der Waals surface area contributed by atoms with E-state index in [1.54, 1.807) is 0 Å². The summed E-state index contributed by atoms with van der Waals surface area (Å²) >= 11 is 0. The van der Waals surface area contributed by atoms with Crippen LogP contribution in [0.5, 0.6) is 0 Å². The number of hydrogen-bond donors (Lipinski definition) is 2. The van der Waals surface area contributed by atoms with Crippen LogP contribution in [0.25, 0.3) is 0 Å². The molecule has 4 atom stereocenters. The zero-order valence-corrected chi connectivity index (χ0v) is 6.88. The molecule has 1 saturated carbocycles. The number of carbonyl (C=O) groups is 2. The van der Waals surface area contributed by atoms with Gasteiger partial charge in [0.15, 0.2) is 0 Å². The van der Waals surface area contributed by atoms with Crippen molar-refractivity contribution < 1.29 is 19.8 Å². The first-order valence-electron chi connectivity index (χ1n) is 4.25. The number of aliphatic carboxylic acids is 2. The minimum absolute atomic E-state index is 0.0661. The van der Waals surface area contributed by atoms with Gasteiger partial charge in [0.2, 0.25) is 0 Å². The van der Waals surface area contributed by atoms with Crippen LogP contribution >= 0.6 is 0 Å². The maximum Gasteiger partial charge on any atom is 0.307 e. The van der Waals surface area contributed by atoms with Gasteiger partial charge in [-0.15, -0.1) is 0 Å². The monoisotopic (exact) mass is 182 g/mol. The molecule has 0 saturated heterocycles. The van der Waals surface area contributed by atoms with E-state index in [9.17, 15) is 9.59 Å². The lowest BCUT2D eigenvalue weighted by atomic mass is 9.83. The lowest BCUT2D eigenvalue weighted by molar-refractivity contribution is -0.154. The summed E-state index contributed by atoms with van der Waals surface area (Å²) in [5.74, 6) is -3.53. The van der Waals surface area contributed by atoms with Gasteiger partial charge < -0.3 is 10.2 Å². The van der Waals surface area contributed by atoms with Crippen LogP contribution in [-0.2, 0) is 9.59 Å². The molecule has 70 valence electrons. The number of rotatable bonds is 2. The lowest BCUT2D eigenvalue weighted by Gasteiger charge is -2.20. The van der Waals surface area contributed by atoms with Gasteiger partial charge in [-0.25, -0.2) is 0 Å². The lowest BCUT2D eigenvalue weighted by Crippen LogP contribution is -2.32. The van der Waals surface area contributed by atoms with Crippen molar-refractivity contribution in [2.45, 2.75) is 6.42 Å². The predicted molar refractivity (Wildman–Crippen MR) is 43.0 cm³/mol. The smallest absolute Gasteiger partial charge is 0.307 e. The molecule has 0 heterocycles. The van der Waals surface area contributed by atoms with Gasteiger partial charge in [-0.3, -0.25) is 9.59 Å². The average molecular weight is 182 g/mol. The second kappa shape index (κ2) is 2.58. The molecule has 4 heteroatoms. The fourth-order valence-electron chi connectivity index (χ4n) is 2.50. The predicted octanol–water partition coefficient (Wildman–Crippen LogP) is 0.594. The van der Waals surface area contributed by atoms with Crippen molar-refractivity contribution in [1.29, 1.82) is 0 Å². The van der Waals surface area contributed by atoms with Gasteiger partial charge in [0.1, 0.15) is 0 Å². The van der Waals surface area contributed by atoms with Gasteiger partial charge in [0.05, 0.1) is 11.8 Å². The Hall–Kier alpha value is -1.32. The fraction of sp³-hybridized carbons (Fsp3) is 0.556. The van der Waals surface area contributed by atoms with Gasteiger partial charge in [0, 0.05) is 0 Å². The number of carboxylic acids is 2. The van der Waals surface area contributed by atoms with Gasteiger partial charge in [-0.05, 0) is 18.3 Å². The minimum Gasteiger partial charge on any atom is -0.481 e. The van der Waals surface area contributed by atoms with Crippen molar-refractivity contribution in [3.05, 3.63) is 12.2 Å². The Kier molecular flexibility index (Phi) is 1.65. The molecule has 2 bridgehead atoms. The molecule has 0 aromatic heterocycles. The highest BCUT2D eigenvalue weighted by molar-refractivity contribution is 5.82. The van der Waals surface area contributed by atoms with Crippen LogP contribution in [0, 0.1) is 23.7 Å². The van der Waals surface area contributed by atoms with E-state index in [-0.39, 0.29) is 11.8 Å². The van der Waals surface area contributed by atoms with Gasteiger partial charge in [-0.2, -0.15) is 0 Å². The van der Waals surface area contributed by atoms with Crippen LogP contribution in [0.2, 0.25) is 0 Å². The normalized spacial score (nSPS) is 40.9. The van der Waals surface area contributed by atoms with E-state index in [1.165, 1.54) is 0 Å². The van der Waals surface area contributed by atoms with Crippen molar-refractivity contribution in [1.82, 2.24) is 0 Å². The average Bonchev–Trinajstić information content (AvgIpc) is 2.60. The third-order valence-corrected chi connectivity index (χ3v) is 3.03. The van der Waals surface area contributed by atoms with Crippen LogP contribution in [0.3, 0.4) is 0 Å². The summed E-state index contributed by atoms with van der Waals surface area (Å²) in [7, 11) is 0. The van der Waals surface area contributed by atoms with E-state index < -0.39 is 23.8 Å². The molecule has 2 aliphatic rings. The standard InChI is InChI=1S/C9H10O4/c10-8(11)6-4-1-2-5(3-4)7(6)9(12)13/h1-2,4-7H,3H2,(H,10,11)(H,12,13)/t4-,5-,6-,7+/m0/s1. The molecule has 0 aromatic rings. The molecule has 0 radical (unpaired) electrons. The van der Waals surface area contributed by atoms with Crippen LogP contribution in [0.15, 0.2) is 12.2 Å². The molecule has 2 N–H and O–H groups in total. The Bertz CT molecular complexity index is 266. The number of allylic oxidation sites excluding steroid dienone is 2. The fourth-order valence-corrected chi connectivity index (χ4v) is 2.50. The molecular formula is C9H10O4. The second-order valence-electron chi connectivity index (χ2n) is 3.68. The molecule has 4 nitrogen and oxygen atoms in total. The largest absolute Gasteiger partial charge is 0.481 e. The molecule has 2 aliphatic carbocycles.